The molecule has 0 saturated heterocycles. The van der Waals surface area contributed by atoms with Gasteiger partial charge in [0.1, 0.15) is 12.1 Å². The lowest BCUT2D eigenvalue weighted by Crippen LogP contribution is -1.97. The van der Waals surface area contributed by atoms with Crippen LogP contribution in [0, 0.1) is 7.14 Å². The van der Waals surface area contributed by atoms with Crippen LogP contribution < -0.4 is 5.32 Å². The number of hydrogen-bond acceptors (Lipinski definition) is 3. The van der Waals surface area contributed by atoms with Gasteiger partial charge in [-0.2, -0.15) is 0 Å². The average molecular weight is 508 g/mol. The highest BCUT2D eigenvalue weighted by Crippen LogP contribution is 2.28. The van der Waals surface area contributed by atoms with Crippen molar-refractivity contribution in [1.29, 1.82) is 0 Å². The minimum absolute atomic E-state index is 0.692. The molecule has 1 heterocycles. The first kappa shape index (κ1) is 14.3. The number of aromatic nitrogens is 2. The molecule has 0 atom stereocenters. The van der Waals surface area contributed by atoms with E-state index in [1.807, 2.05) is 24.3 Å². The van der Waals surface area contributed by atoms with Crippen LogP contribution in [0.3, 0.4) is 0 Å². The lowest BCUT2D eigenvalue weighted by atomic mass is 10.2. The fourth-order valence-corrected chi connectivity index (χ4v) is 2.96. The molecule has 0 bridgehead atoms. The summed E-state index contributed by atoms with van der Waals surface area (Å²) in [7, 11) is 0. The molecular formula is C14H8ClI2N3. The van der Waals surface area contributed by atoms with Gasteiger partial charge in [-0.15, -0.1) is 0 Å². The molecule has 3 rings (SSSR count). The second-order valence-electron chi connectivity index (χ2n) is 4.14. The van der Waals surface area contributed by atoms with E-state index in [9.17, 15) is 0 Å². The third-order valence-corrected chi connectivity index (χ3v) is 5.82. The molecular weight excluding hydrogens is 499 g/mol. The van der Waals surface area contributed by atoms with Crippen molar-refractivity contribution in [2.45, 2.75) is 0 Å². The third kappa shape index (κ3) is 2.99. The Morgan fingerprint density at radius 2 is 1.80 bits per heavy atom. The molecule has 0 saturated carbocycles. The van der Waals surface area contributed by atoms with Gasteiger partial charge in [0, 0.05) is 23.2 Å². The zero-order valence-electron chi connectivity index (χ0n) is 10.1. The minimum atomic E-state index is 0.692. The number of nitrogens with zero attached hydrogens (tertiary/aromatic N) is 2. The molecule has 3 aromatic rings. The summed E-state index contributed by atoms with van der Waals surface area (Å²) in [4.78, 5) is 8.65. The summed E-state index contributed by atoms with van der Waals surface area (Å²) in [5.74, 6) is 0.784. The van der Waals surface area contributed by atoms with Crippen molar-refractivity contribution in [3.05, 3.63) is 54.9 Å². The maximum absolute atomic E-state index is 6.00. The summed E-state index contributed by atoms with van der Waals surface area (Å²) in [6.45, 7) is 0. The number of anilines is 2. The highest BCUT2D eigenvalue weighted by molar-refractivity contribution is 14.1. The maximum Gasteiger partial charge on any atom is 0.141 e. The van der Waals surface area contributed by atoms with E-state index in [2.05, 4.69) is 72.6 Å². The van der Waals surface area contributed by atoms with Crippen LogP contribution in [0.2, 0.25) is 5.02 Å². The molecule has 0 aliphatic heterocycles. The van der Waals surface area contributed by atoms with Crippen molar-refractivity contribution >= 4 is 79.2 Å². The standard InChI is InChI=1S/C14H8ClI2N3/c15-8-2-1-3-9(4-8)20-14-10-5-11(16)12(17)6-13(10)18-7-19-14/h1-7H,(H,18,19,20). The second kappa shape index (κ2) is 5.98. The number of halogens is 3. The van der Waals surface area contributed by atoms with Gasteiger partial charge in [-0.3, -0.25) is 0 Å². The average Bonchev–Trinajstić information content (AvgIpc) is 2.41. The molecule has 0 aliphatic rings. The van der Waals surface area contributed by atoms with Gasteiger partial charge in [0.05, 0.1) is 5.52 Å². The predicted molar refractivity (Wildman–Crippen MR) is 99.7 cm³/mol. The van der Waals surface area contributed by atoms with Crippen LogP contribution in [-0.4, -0.2) is 9.97 Å². The van der Waals surface area contributed by atoms with Crippen molar-refractivity contribution < 1.29 is 0 Å². The van der Waals surface area contributed by atoms with Crippen molar-refractivity contribution in [1.82, 2.24) is 9.97 Å². The topological polar surface area (TPSA) is 37.8 Å². The molecule has 6 heteroatoms. The van der Waals surface area contributed by atoms with Gasteiger partial charge >= 0.3 is 0 Å². The van der Waals surface area contributed by atoms with E-state index >= 15 is 0 Å². The highest BCUT2D eigenvalue weighted by atomic mass is 127. The number of benzene rings is 2. The summed E-state index contributed by atoms with van der Waals surface area (Å²) in [5.41, 5.74) is 1.83. The highest BCUT2D eigenvalue weighted by Gasteiger charge is 2.07. The van der Waals surface area contributed by atoms with Crippen LogP contribution in [0.15, 0.2) is 42.7 Å². The lowest BCUT2D eigenvalue weighted by Gasteiger charge is -2.09. The van der Waals surface area contributed by atoms with Crippen LogP contribution in [-0.2, 0) is 0 Å². The molecule has 20 heavy (non-hydrogen) atoms. The first-order valence-corrected chi connectivity index (χ1v) is 8.29. The van der Waals surface area contributed by atoms with Crippen LogP contribution >= 0.6 is 56.8 Å². The first-order valence-electron chi connectivity index (χ1n) is 5.76. The Morgan fingerprint density at radius 3 is 2.60 bits per heavy atom. The molecule has 2 aromatic carbocycles. The Labute approximate surface area is 148 Å². The van der Waals surface area contributed by atoms with Crippen molar-refractivity contribution in [3.63, 3.8) is 0 Å². The molecule has 1 N–H and O–H groups in total. The molecule has 0 aliphatic carbocycles. The number of nitrogens with one attached hydrogen (secondary N) is 1. The van der Waals surface area contributed by atoms with E-state index in [0.29, 0.717) is 5.02 Å². The molecule has 1 aromatic heterocycles. The largest absolute Gasteiger partial charge is 0.340 e. The molecule has 0 fully saturated rings. The minimum Gasteiger partial charge on any atom is -0.340 e. The molecule has 3 nitrogen and oxygen atoms in total. The van der Waals surface area contributed by atoms with Gasteiger partial charge in [-0.25, -0.2) is 9.97 Å². The Hall–Kier alpha value is -0.670. The van der Waals surface area contributed by atoms with Crippen molar-refractivity contribution in [2.75, 3.05) is 5.32 Å². The Bertz CT molecular complexity index is 792. The van der Waals surface area contributed by atoms with Crippen LogP contribution in [0.5, 0.6) is 0 Å². The van der Waals surface area contributed by atoms with E-state index in [4.69, 9.17) is 11.6 Å². The normalized spacial score (nSPS) is 10.8. The summed E-state index contributed by atoms with van der Waals surface area (Å²) >= 11 is 10.6. The Morgan fingerprint density at radius 1 is 1.00 bits per heavy atom. The van der Waals surface area contributed by atoms with E-state index in [1.54, 1.807) is 6.33 Å². The summed E-state index contributed by atoms with van der Waals surface area (Å²) in [6.07, 6.45) is 1.57. The van der Waals surface area contributed by atoms with E-state index in [-0.39, 0.29) is 0 Å². The molecule has 0 amide bonds. The van der Waals surface area contributed by atoms with Gasteiger partial charge in [-0.1, -0.05) is 17.7 Å². The lowest BCUT2D eigenvalue weighted by molar-refractivity contribution is 1.22. The molecule has 100 valence electrons. The molecule has 0 unspecified atom stereocenters. The van der Waals surface area contributed by atoms with E-state index in [1.165, 1.54) is 7.14 Å². The van der Waals surface area contributed by atoms with E-state index in [0.717, 1.165) is 22.4 Å². The second-order valence-corrected chi connectivity index (χ2v) is 6.90. The summed E-state index contributed by atoms with van der Waals surface area (Å²) in [6, 6.07) is 11.7. The first-order chi connectivity index (χ1) is 9.63. The fraction of sp³-hybridized carbons (Fsp3) is 0. The number of hydrogen-bond donors (Lipinski definition) is 1. The predicted octanol–water partition coefficient (Wildman–Crippen LogP) is 5.24. The SMILES string of the molecule is Clc1cccc(Nc2ncnc3cc(I)c(I)cc23)c1. The molecule has 0 spiro atoms. The smallest absolute Gasteiger partial charge is 0.141 e. The summed E-state index contributed by atoms with van der Waals surface area (Å²) < 4.78 is 2.36. The van der Waals surface area contributed by atoms with Gasteiger partial charge < -0.3 is 5.32 Å². The van der Waals surface area contributed by atoms with Crippen LogP contribution in [0.4, 0.5) is 11.5 Å². The number of fused-ring (bicyclic) bond motifs is 1. The third-order valence-electron chi connectivity index (χ3n) is 2.76. The maximum atomic E-state index is 6.00. The van der Waals surface area contributed by atoms with Crippen molar-refractivity contribution in [2.24, 2.45) is 0 Å². The van der Waals surface area contributed by atoms with Crippen molar-refractivity contribution in [3.8, 4) is 0 Å². The Balaban J connectivity index is 2.09. The number of rotatable bonds is 2. The molecule has 0 radical (unpaired) electrons. The van der Waals surface area contributed by atoms with E-state index < -0.39 is 0 Å². The zero-order chi connectivity index (χ0) is 14.1. The van der Waals surface area contributed by atoms with Gasteiger partial charge in [-0.05, 0) is 75.5 Å². The monoisotopic (exact) mass is 507 g/mol. The van der Waals surface area contributed by atoms with Crippen LogP contribution in [0.25, 0.3) is 10.9 Å². The summed E-state index contributed by atoms with van der Waals surface area (Å²) in [5, 5.41) is 4.98. The quantitative estimate of drug-likeness (QED) is 0.483. The van der Waals surface area contributed by atoms with Gasteiger partial charge in [0.15, 0.2) is 0 Å². The fourth-order valence-electron chi connectivity index (χ4n) is 1.85. The van der Waals surface area contributed by atoms with Crippen LogP contribution in [0.1, 0.15) is 0 Å². The van der Waals surface area contributed by atoms with Gasteiger partial charge in [0.2, 0.25) is 0 Å². The van der Waals surface area contributed by atoms with Gasteiger partial charge in [0.25, 0.3) is 0 Å². The Kier molecular flexibility index (Phi) is 4.27. The zero-order valence-corrected chi connectivity index (χ0v) is 15.1.